The summed E-state index contributed by atoms with van der Waals surface area (Å²) in [5.41, 5.74) is 0. The van der Waals surface area contributed by atoms with Crippen molar-refractivity contribution in [1.82, 2.24) is 10.2 Å². The summed E-state index contributed by atoms with van der Waals surface area (Å²) in [7, 11) is 2.22. The Morgan fingerprint density at radius 1 is 1.42 bits per heavy atom. The van der Waals surface area contributed by atoms with Gasteiger partial charge in [-0.05, 0) is 20.4 Å². The lowest BCUT2D eigenvalue weighted by atomic mass is 10.0. The minimum absolute atomic E-state index is 0.426. The van der Waals surface area contributed by atoms with Crippen LogP contribution in [0.4, 0.5) is 0 Å². The van der Waals surface area contributed by atoms with E-state index in [1.807, 2.05) is 0 Å². The molecule has 2 saturated heterocycles. The summed E-state index contributed by atoms with van der Waals surface area (Å²) in [6.07, 6.45) is 1.63. The molecule has 0 aromatic heterocycles. The van der Waals surface area contributed by atoms with Crippen molar-refractivity contribution in [3.05, 3.63) is 0 Å². The SMILES string of the molecule is CC1OCCC1N(C)C1CNC1. The summed E-state index contributed by atoms with van der Waals surface area (Å²) < 4.78 is 5.54. The molecule has 3 heteroatoms. The molecule has 70 valence electrons. The first-order valence-corrected chi connectivity index (χ1v) is 4.83. The van der Waals surface area contributed by atoms with Crippen molar-refractivity contribution in [2.75, 3.05) is 26.7 Å². The van der Waals surface area contributed by atoms with E-state index in [9.17, 15) is 0 Å². The summed E-state index contributed by atoms with van der Waals surface area (Å²) in [4.78, 5) is 2.48. The molecule has 2 atom stereocenters. The highest BCUT2D eigenvalue weighted by molar-refractivity contribution is 4.90. The second kappa shape index (κ2) is 3.32. The molecule has 3 nitrogen and oxygen atoms in total. The van der Waals surface area contributed by atoms with E-state index < -0.39 is 0 Å². The maximum absolute atomic E-state index is 5.54. The quantitative estimate of drug-likeness (QED) is 0.634. The van der Waals surface area contributed by atoms with Gasteiger partial charge in [0.05, 0.1) is 6.10 Å². The molecule has 2 fully saturated rings. The van der Waals surface area contributed by atoms with E-state index in [0.29, 0.717) is 12.1 Å². The minimum atomic E-state index is 0.426. The monoisotopic (exact) mass is 170 g/mol. The van der Waals surface area contributed by atoms with Crippen LogP contribution >= 0.6 is 0 Å². The first kappa shape index (κ1) is 8.48. The number of rotatable bonds is 2. The highest BCUT2D eigenvalue weighted by atomic mass is 16.5. The molecule has 12 heavy (non-hydrogen) atoms. The van der Waals surface area contributed by atoms with Crippen LogP contribution in [0.1, 0.15) is 13.3 Å². The largest absolute Gasteiger partial charge is 0.377 e. The van der Waals surface area contributed by atoms with Gasteiger partial charge in [-0.3, -0.25) is 4.90 Å². The Labute approximate surface area is 74.1 Å². The second-order valence-electron chi connectivity index (χ2n) is 3.91. The van der Waals surface area contributed by atoms with E-state index >= 15 is 0 Å². The molecule has 2 aliphatic rings. The van der Waals surface area contributed by atoms with E-state index in [1.54, 1.807) is 0 Å². The molecule has 2 heterocycles. The van der Waals surface area contributed by atoms with E-state index in [0.717, 1.165) is 25.7 Å². The summed E-state index contributed by atoms with van der Waals surface area (Å²) in [6, 6.07) is 1.40. The Balaban J connectivity index is 1.89. The molecule has 2 rings (SSSR count). The maximum Gasteiger partial charge on any atom is 0.0703 e. The van der Waals surface area contributed by atoms with Gasteiger partial charge in [0.25, 0.3) is 0 Å². The third-order valence-corrected chi connectivity index (χ3v) is 3.20. The molecule has 0 aliphatic carbocycles. The van der Waals surface area contributed by atoms with E-state index in [2.05, 4.69) is 24.2 Å². The van der Waals surface area contributed by atoms with Gasteiger partial charge in [-0.1, -0.05) is 0 Å². The van der Waals surface area contributed by atoms with Crippen LogP contribution in [0.3, 0.4) is 0 Å². The summed E-state index contributed by atoms with van der Waals surface area (Å²) in [6.45, 7) is 5.43. The van der Waals surface area contributed by atoms with Gasteiger partial charge < -0.3 is 10.1 Å². The van der Waals surface area contributed by atoms with Crippen LogP contribution in [0, 0.1) is 0 Å². The zero-order chi connectivity index (χ0) is 8.55. The van der Waals surface area contributed by atoms with E-state index in [1.165, 1.54) is 6.42 Å². The molecule has 0 aromatic rings. The molecule has 2 unspecified atom stereocenters. The number of hydrogen-bond donors (Lipinski definition) is 1. The van der Waals surface area contributed by atoms with Crippen molar-refractivity contribution in [1.29, 1.82) is 0 Å². The predicted octanol–water partition coefficient (Wildman–Crippen LogP) is 0.0674. The Hall–Kier alpha value is -0.120. The molecule has 0 radical (unpaired) electrons. The van der Waals surface area contributed by atoms with Gasteiger partial charge in [0.15, 0.2) is 0 Å². The van der Waals surface area contributed by atoms with Crippen LogP contribution in [0.25, 0.3) is 0 Å². The highest BCUT2D eigenvalue weighted by Crippen LogP contribution is 2.20. The lowest BCUT2D eigenvalue weighted by Gasteiger charge is -2.40. The van der Waals surface area contributed by atoms with Crippen molar-refractivity contribution in [3.63, 3.8) is 0 Å². The molecule has 0 spiro atoms. The van der Waals surface area contributed by atoms with Gasteiger partial charge in [0, 0.05) is 31.8 Å². The molecule has 0 amide bonds. The lowest BCUT2D eigenvalue weighted by Crippen LogP contribution is -2.59. The fourth-order valence-corrected chi connectivity index (χ4v) is 2.09. The van der Waals surface area contributed by atoms with E-state index in [-0.39, 0.29) is 0 Å². The predicted molar refractivity (Wildman–Crippen MR) is 48.2 cm³/mol. The lowest BCUT2D eigenvalue weighted by molar-refractivity contribution is 0.0548. The molecule has 2 aliphatic heterocycles. The van der Waals surface area contributed by atoms with Crippen molar-refractivity contribution >= 4 is 0 Å². The minimum Gasteiger partial charge on any atom is -0.377 e. The fourth-order valence-electron chi connectivity index (χ4n) is 2.09. The summed E-state index contributed by atoms with van der Waals surface area (Å²) >= 11 is 0. The Morgan fingerprint density at radius 3 is 2.58 bits per heavy atom. The van der Waals surface area contributed by atoms with Crippen LogP contribution < -0.4 is 5.32 Å². The first-order valence-electron chi connectivity index (χ1n) is 4.83. The molecule has 0 bridgehead atoms. The first-order chi connectivity index (χ1) is 5.79. The smallest absolute Gasteiger partial charge is 0.0703 e. The Bertz CT molecular complexity index is 159. The average molecular weight is 170 g/mol. The van der Waals surface area contributed by atoms with Gasteiger partial charge in [-0.2, -0.15) is 0 Å². The zero-order valence-electron chi connectivity index (χ0n) is 7.92. The van der Waals surface area contributed by atoms with Gasteiger partial charge in [0.1, 0.15) is 0 Å². The van der Waals surface area contributed by atoms with Crippen molar-refractivity contribution < 1.29 is 4.74 Å². The Kier molecular flexibility index (Phi) is 2.35. The molecule has 0 saturated carbocycles. The maximum atomic E-state index is 5.54. The summed E-state index contributed by atoms with van der Waals surface area (Å²) in [5, 5.41) is 3.30. The highest BCUT2D eigenvalue weighted by Gasteiger charge is 2.33. The molecule has 1 N–H and O–H groups in total. The molecule has 0 aromatic carbocycles. The number of nitrogens with one attached hydrogen (secondary N) is 1. The van der Waals surface area contributed by atoms with Gasteiger partial charge in [-0.15, -0.1) is 0 Å². The Morgan fingerprint density at radius 2 is 2.17 bits per heavy atom. The van der Waals surface area contributed by atoms with Crippen molar-refractivity contribution in [2.45, 2.75) is 31.5 Å². The zero-order valence-corrected chi connectivity index (χ0v) is 7.92. The topological polar surface area (TPSA) is 24.5 Å². The van der Waals surface area contributed by atoms with Gasteiger partial charge >= 0.3 is 0 Å². The van der Waals surface area contributed by atoms with Crippen molar-refractivity contribution in [3.8, 4) is 0 Å². The third-order valence-electron chi connectivity index (χ3n) is 3.20. The third kappa shape index (κ3) is 1.37. The second-order valence-corrected chi connectivity index (χ2v) is 3.91. The number of hydrogen-bond acceptors (Lipinski definition) is 3. The van der Waals surface area contributed by atoms with Crippen LogP contribution in [0.5, 0.6) is 0 Å². The molecular formula is C9H18N2O. The van der Waals surface area contributed by atoms with Crippen molar-refractivity contribution in [2.24, 2.45) is 0 Å². The van der Waals surface area contributed by atoms with Crippen LogP contribution in [0.15, 0.2) is 0 Å². The molecular weight excluding hydrogens is 152 g/mol. The standard InChI is InChI=1S/C9H18N2O/c1-7-9(3-4-12-7)11(2)8-5-10-6-8/h7-10H,3-6H2,1-2H3. The van der Waals surface area contributed by atoms with Gasteiger partial charge in [0.2, 0.25) is 0 Å². The van der Waals surface area contributed by atoms with E-state index in [4.69, 9.17) is 4.74 Å². The van der Waals surface area contributed by atoms with Crippen LogP contribution in [-0.4, -0.2) is 49.8 Å². The number of likely N-dealkylation sites (N-methyl/N-ethyl adjacent to an activating group) is 1. The van der Waals surface area contributed by atoms with Crippen LogP contribution in [0.2, 0.25) is 0 Å². The van der Waals surface area contributed by atoms with Crippen LogP contribution in [-0.2, 0) is 4.74 Å². The van der Waals surface area contributed by atoms with Gasteiger partial charge in [-0.25, -0.2) is 0 Å². The fraction of sp³-hybridized carbons (Fsp3) is 1.00. The number of ether oxygens (including phenoxy) is 1. The average Bonchev–Trinajstić information content (AvgIpc) is 2.31. The number of nitrogens with zero attached hydrogens (tertiary/aromatic N) is 1. The summed E-state index contributed by atoms with van der Waals surface area (Å²) in [5.74, 6) is 0. The normalized spacial score (nSPS) is 37.2.